The van der Waals surface area contributed by atoms with Crippen LogP contribution in [0, 0.1) is 17.8 Å². The van der Waals surface area contributed by atoms with Gasteiger partial charge in [-0.25, -0.2) is 0 Å². The van der Waals surface area contributed by atoms with Gasteiger partial charge in [0.05, 0.1) is 19.2 Å². The van der Waals surface area contributed by atoms with Gasteiger partial charge in [0.2, 0.25) is 0 Å². The third-order valence-electron chi connectivity index (χ3n) is 7.53. The minimum Gasteiger partial charge on any atom is -0.497 e. The molecule has 3 unspecified atom stereocenters. The molecule has 0 amide bonds. The summed E-state index contributed by atoms with van der Waals surface area (Å²) in [5.41, 5.74) is 1.91. The van der Waals surface area contributed by atoms with Gasteiger partial charge < -0.3 is 24.1 Å². The van der Waals surface area contributed by atoms with Crippen LogP contribution >= 0.6 is 11.6 Å². The molecule has 2 fully saturated rings. The lowest BCUT2D eigenvalue weighted by Crippen LogP contribution is -2.35. The van der Waals surface area contributed by atoms with Gasteiger partial charge in [-0.2, -0.15) is 0 Å². The minimum absolute atomic E-state index is 0.457. The number of aliphatic hydroxyl groups is 1. The number of aliphatic hydroxyl groups excluding tert-OH is 1. The number of halogens is 1. The molecule has 6 rings (SSSR count). The van der Waals surface area contributed by atoms with Crippen molar-refractivity contribution in [2.75, 3.05) is 33.4 Å². The number of rotatable bonds is 8. The highest BCUT2D eigenvalue weighted by Crippen LogP contribution is 2.52. The topological polar surface area (TPSA) is 73.3 Å². The Bertz CT molecular complexity index is 1270. The maximum absolute atomic E-state index is 10.8. The van der Waals surface area contributed by atoms with Gasteiger partial charge in [-0.15, -0.1) is 0 Å². The van der Waals surface area contributed by atoms with Crippen LogP contribution in [0.2, 0.25) is 5.02 Å². The van der Waals surface area contributed by atoms with Gasteiger partial charge in [0.1, 0.15) is 35.1 Å². The molecule has 1 N–H and O–H groups in total. The van der Waals surface area contributed by atoms with E-state index in [0.29, 0.717) is 53.2 Å². The van der Waals surface area contributed by atoms with Crippen LogP contribution in [0.1, 0.15) is 12.8 Å². The zero-order chi connectivity index (χ0) is 24.6. The van der Waals surface area contributed by atoms with Crippen molar-refractivity contribution in [1.29, 1.82) is 0 Å². The lowest BCUT2D eigenvalue weighted by Gasteiger charge is -2.26. The third-order valence-corrected chi connectivity index (χ3v) is 7.80. The largest absolute Gasteiger partial charge is 0.497 e. The van der Waals surface area contributed by atoms with Gasteiger partial charge >= 0.3 is 0 Å². The number of pyridine rings is 1. The first-order valence-corrected chi connectivity index (χ1v) is 12.7. The fraction of sp³-hybridized carbons (Fsp3) is 0.393. The lowest BCUT2D eigenvalue weighted by molar-refractivity contribution is 0.0791. The SMILES string of the molecule is COc1ccc2ncc(Cl)c(OCC3C4CN(CC(O)C5=COC=C(C6=CC=CCC6)O5)CC34)c2c1. The van der Waals surface area contributed by atoms with Crippen molar-refractivity contribution in [3.63, 3.8) is 0 Å². The Morgan fingerprint density at radius 2 is 2.11 bits per heavy atom. The Morgan fingerprint density at radius 1 is 1.25 bits per heavy atom. The Kier molecular flexibility index (Phi) is 6.37. The molecule has 3 heterocycles. The van der Waals surface area contributed by atoms with E-state index in [4.69, 9.17) is 30.5 Å². The number of ether oxygens (including phenoxy) is 4. The number of piperidine rings is 1. The molecule has 1 saturated carbocycles. The molecular weight excluding hydrogens is 480 g/mol. The molecule has 36 heavy (non-hydrogen) atoms. The molecule has 1 saturated heterocycles. The van der Waals surface area contributed by atoms with Gasteiger partial charge in [0, 0.05) is 37.1 Å². The monoisotopic (exact) mass is 508 g/mol. The lowest BCUT2D eigenvalue weighted by atomic mass is 10.0. The Labute approximate surface area is 215 Å². The van der Waals surface area contributed by atoms with Crippen LogP contribution in [0.15, 0.2) is 72.2 Å². The molecule has 0 bridgehead atoms. The van der Waals surface area contributed by atoms with E-state index in [2.05, 4.69) is 16.0 Å². The second-order valence-electron chi connectivity index (χ2n) is 9.75. The van der Waals surface area contributed by atoms with Gasteiger partial charge in [0.25, 0.3) is 0 Å². The van der Waals surface area contributed by atoms with Crippen molar-refractivity contribution < 1.29 is 24.1 Å². The molecule has 0 spiro atoms. The van der Waals surface area contributed by atoms with Gasteiger partial charge in [0.15, 0.2) is 11.5 Å². The number of β-amino-alcohol motifs (C(OH)–C–C–N with tert-alkyl or cyclic N) is 1. The van der Waals surface area contributed by atoms with Crippen LogP contribution in [0.3, 0.4) is 0 Å². The Morgan fingerprint density at radius 3 is 2.89 bits per heavy atom. The molecule has 7 nitrogen and oxygen atoms in total. The zero-order valence-electron chi connectivity index (χ0n) is 20.1. The molecule has 1 aromatic heterocycles. The Balaban J connectivity index is 1.01. The molecular formula is C28H29ClN2O5. The molecule has 8 heteroatoms. The summed E-state index contributed by atoms with van der Waals surface area (Å²) in [6.45, 7) is 2.99. The summed E-state index contributed by atoms with van der Waals surface area (Å²) < 4.78 is 23.0. The summed E-state index contributed by atoms with van der Waals surface area (Å²) in [6, 6.07) is 5.70. The second kappa shape index (κ2) is 9.81. The number of hydrogen-bond donors (Lipinski definition) is 1. The van der Waals surface area contributed by atoms with Crippen molar-refractivity contribution in [3.05, 3.63) is 77.3 Å². The summed E-state index contributed by atoms with van der Waals surface area (Å²) in [6.07, 6.45) is 12.1. The smallest absolute Gasteiger partial charge is 0.169 e. The number of fused-ring (bicyclic) bond motifs is 2. The molecule has 2 aliphatic carbocycles. The van der Waals surface area contributed by atoms with Crippen molar-refractivity contribution in [2.24, 2.45) is 17.8 Å². The first kappa shape index (κ1) is 23.4. The van der Waals surface area contributed by atoms with Gasteiger partial charge in [-0.05, 0) is 48.4 Å². The first-order chi connectivity index (χ1) is 17.6. The van der Waals surface area contributed by atoms with Crippen molar-refractivity contribution in [3.8, 4) is 11.5 Å². The second-order valence-corrected chi connectivity index (χ2v) is 10.2. The van der Waals surface area contributed by atoms with Crippen molar-refractivity contribution >= 4 is 22.5 Å². The summed E-state index contributed by atoms with van der Waals surface area (Å²) in [5.74, 6) is 4.14. The highest BCUT2D eigenvalue weighted by molar-refractivity contribution is 6.33. The van der Waals surface area contributed by atoms with Crippen LogP contribution in [-0.2, 0) is 9.47 Å². The summed E-state index contributed by atoms with van der Waals surface area (Å²) in [7, 11) is 1.64. The van der Waals surface area contributed by atoms with Crippen LogP contribution in [0.4, 0.5) is 0 Å². The van der Waals surface area contributed by atoms with E-state index in [-0.39, 0.29) is 0 Å². The van der Waals surface area contributed by atoms with Crippen LogP contribution in [0.25, 0.3) is 10.9 Å². The molecule has 1 aromatic carbocycles. The van der Waals surface area contributed by atoms with Crippen LogP contribution in [-0.4, -0.2) is 54.4 Å². The van der Waals surface area contributed by atoms with E-state index < -0.39 is 6.10 Å². The number of benzene rings is 1. The molecule has 188 valence electrons. The Hall–Kier alpha value is -3.00. The quantitative estimate of drug-likeness (QED) is 0.548. The minimum atomic E-state index is -0.738. The number of aromatic nitrogens is 1. The van der Waals surface area contributed by atoms with E-state index in [0.717, 1.165) is 48.2 Å². The number of nitrogens with zero attached hydrogens (tertiary/aromatic N) is 2. The van der Waals surface area contributed by atoms with Crippen LogP contribution < -0.4 is 9.47 Å². The van der Waals surface area contributed by atoms with Crippen LogP contribution in [0.5, 0.6) is 11.5 Å². The standard InChI is InChI=1S/C28H29ClN2O5/c1-33-18-7-8-24-19(9-18)28(23(29)10-30-24)35-14-22-20-11-31(12-21(20)22)13-25(32)27-16-34-15-26(36-27)17-5-3-2-4-6-17/h2-3,5,7-10,15-16,20-22,25,32H,4,6,11-14H2,1H3. The average Bonchev–Trinajstić information content (AvgIpc) is 3.37. The van der Waals surface area contributed by atoms with E-state index in [1.807, 2.05) is 30.4 Å². The molecule has 3 atom stereocenters. The summed E-state index contributed by atoms with van der Waals surface area (Å²) >= 11 is 6.43. The van der Waals surface area contributed by atoms with Gasteiger partial charge in [-0.3, -0.25) is 9.88 Å². The summed E-state index contributed by atoms with van der Waals surface area (Å²) in [5, 5.41) is 12.2. The predicted octanol–water partition coefficient (Wildman–Crippen LogP) is 4.82. The number of likely N-dealkylation sites (tertiary alicyclic amines) is 1. The predicted molar refractivity (Wildman–Crippen MR) is 137 cm³/mol. The maximum atomic E-state index is 10.8. The fourth-order valence-electron chi connectivity index (χ4n) is 5.48. The molecule has 4 aliphatic rings. The van der Waals surface area contributed by atoms with E-state index in [1.54, 1.807) is 19.6 Å². The number of hydrogen-bond acceptors (Lipinski definition) is 7. The highest BCUT2D eigenvalue weighted by Gasteiger charge is 2.56. The summed E-state index contributed by atoms with van der Waals surface area (Å²) in [4.78, 5) is 6.69. The highest BCUT2D eigenvalue weighted by atomic mass is 35.5. The van der Waals surface area contributed by atoms with Gasteiger partial charge in [-0.1, -0.05) is 29.8 Å². The van der Waals surface area contributed by atoms with Crippen molar-refractivity contribution in [1.82, 2.24) is 9.88 Å². The zero-order valence-corrected chi connectivity index (χ0v) is 20.9. The van der Waals surface area contributed by atoms with Crippen molar-refractivity contribution in [2.45, 2.75) is 18.9 Å². The number of allylic oxidation sites excluding steroid dienone is 4. The normalized spacial score (nSPS) is 25.8. The average molecular weight is 509 g/mol. The van der Waals surface area contributed by atoms with E-state index >= 15 is 0 Å². The molecule has 2 aliphatic heterocycles. The van der Waals surface area contributed by atoms with E-state index in [1.165, 1.54) is 6.26 Å². The molecule has 0 radical (unpaired) electrons. The fourth-order valence-corrected chi connectivity index (χ4v) is 5.68. The third kappa shape index (κ3) is 4.59. The maximum Gasteiger partial charge on any atom is 0.169 e. The number of methoxy groups -OCH3 is 1. The molecule has 2 aromatic rings. The first-order valence-electron chi connectivity index (χ1n) is 12.4. The van der Waals surface area contributed by atoms with E-state index in [9.17, 15) is 5.11 Å².